The fraction of sp³-hybridized carbons (Fsp3) is 0.571. The Hall–Kier alpha value is -0.730. The van der Waals surface area contributed by atoms with Crippen molar-refractivity contribution in [3.8, 4) is 5.75 Å². The van der Waals surface area contributed by atoms with Crippen LogP contribution in [0.25, 0.3) is 0 Å². The maximum absolute atomic E-state index is 10.4. The standard InChI is InChI=1S/C14H21ClO2/c1-5-10(2)14(3,16)9-11-8-12(15)6-7-13(11)17-4/h6-8,10,16H,5,9H2,1-4H3. The van der Waals surface area contributed by atoms with Gasteiger partial charge in [0.1, 0.15) is 5.75 Å². The molecule has 0 saturated heterocycles. The highest BCUT2D eigenvalue weighted by atomic mass is 35.5. The molecule has 0 amide bonds. The minimum absolute atomic E-state index is 0.228. The van der Waals surface area contributed by atoms with Crippen LogP contribution in [-0.4, -0.2) is 17.8 Å². The van der Waals surface area contributed by atoms with E-state index in [2.05, 4.69) is 13.8 Å². The minimum atomic E-state index is -0.743. The summed E-state index contributed by atoms with van der Waals surface area (Å²) in [6.45, 7) is 5.99. The van der Waals surface area contributed by atoms with Crippen LogP contribution >= 0.6 is 11.6 Å². The number of hydrogen-bond donors (Lipinski definition) is 1. The van der Waals surface area contributed by atoms with Crippen molar-refractivity contribution in [3.05, 3.63) is 28.8 Å². The lowest BCUT2D eigenvalue weighted by Gasteiger charge is -2.30. The second-order valence-corrected chi connectivity index (χ2v) is 5.24. The molecular formula is C14H21ClO2. The third-order valence-corrected chi connectivity index (χ3v) is 3.70. The summed E-state index contributed by atoms with van der Waals surface area (Å²) in [5, 5.41) is 11.1. The van der Waals surface area contributed by atoms with E-state index in [0.717, 1.165) is 17.7 Å². The topological polar surface area (TPSA) is 29.5 Å². The zero-order chi connectivity index (χ0) is 13.1. The van der Waals surface area contributed by atoms with Crippen LogP contribution in [0.15, 0.2) is 18.2 Å². The number of halogens is 1. The molecule has 1 aromatic rings. The largest absolute Gasteiger partial charge is 0.496 e. The van der Waals surface area contributed by atoms with Gasteiger partial charge in [-0.1, -0.05) is 31.9 Å². The summed E-state index contributed by atoms with van der Waals surface area (Å²) < 4.78 is 5.29. The molecular weight excluding hydrogens is 236 g/mol. The fourth-order valence-corrected chi connectivity index (χ4v) is 2.08. The Bertz CT molecular complexity index is 374. The summed E-state index contributed by atoms with van der Waals surface area (Å²) in [5.74, 6) is 1.00. The summed E-state index contributed by atoms with van der Waals surface area (Å²) >= 11 is 5.98. The number of hydrogen-bond acceptors (Lipinski definition) is 2. The first-order valence-electron chi connectivity index (χ1n) is 5.95. The van der Waals surface area contributed by atoms with Crippen LogP contribution in [0.4, 0.5) is 0 Å². The molecule has 0 bridgehead atoms. The van der Waals surface area contributed by atoms with E-state index in [4.69, 9.17) is 16.3 Å². The number of ether oxygens (including phenoxy) is 1. The maximum atomic E-state index is 10.4. The molecule has 0 radical (unpaired) electrons. The van der Waals surface area contributed by atoms with Gasteiger partial charge in [-0.3, -0.25) is 0 Å². The van der Waals surface area contributed by atoms with Gasteiger partial charge in [-0.05, 0) is 36.6 Å². The number of benzene rings is 1. The predicted octanol–water partition coefficient (Wildman–Crippen LogP) is 3.69. The smallest absolute Gasteiger partial charge is 0.122 e. The Morgan fingerprint density at radius 2 is 2.12 bits per heavy atom. The fourth-order valence-electron chi connectivity index (χ4n) is 1.88. The molecule has 0 aliphatic carbocycles. The van der Waals surface area contributed by atoms with E-state index in [1.54, 1.807) is 13.2 Å². The highest BCUT2D eigenvalue weighted by Crippen LogP contribution is 2.30. The van der Waals surface area contributed by atoms with E-state index < -0.39 is 5.60 Å². The second kappa shape index (κ2) is 5.74. The van der Waals surface area contributed by atoms with Crippen molar-refractivity contribution in [2.75, 3.05) is 7.11 Å². The van der Waals surface area contributed by atoms with E-state index in [0.29, 0.717) is 11.4 Å². The molecule has 96 valence electrons. The lowest BCUT2D eigenvalue weighted by molar-refractivity contribution is 0.00472. The van der Waals surface area contributed by atoms with Gasteiger partial charge in [-0.15, -0.1) is 0 Å². The van der Waals surface area contributed by atoms with E-state index in [9.17, 15) is 5.11 Å². The second-order valence-electron chi connectivity index (χ2n) is 4.80. The molecule has 1 aromatic carbocycles. The quantitative estimate of drug-likeness (QED) is 0.871. The lowest BCUT2D eigenvalue weighted by atomic mass is 9.83. The summed E-state index contributed by atoms with van der Waals surface area (Å²) in [4.78, 5) is 0. The highest BCUT2D eigenvalue weighted by molar-refractivity contribution is 6.30. The van der Waals surface area contributed by atoms with Gasteiger partial charge in [0.05, 0.1) is 12.7 Å². The van der Waals surface area contributed by atoms with Crippen LogP contribution in [-0.2, 0) is 6.42 Å². The van der Waals surface area contributed by atoms with Crippen molar-refractivity contribution in [3.63, 3.8) is 0 Å². The first kappa shape index (κ1) is 14.3. The van der Waals surface area contributed by atoms with Gasteiger partial charge in [0.15, 0.2) is 0 Å². The van der Waals surface area contributed by atoms with Gasteiger partial charge in [-0.25, -0.2) is 0 Å². The summed E-state index contributed by atoms with van der Waals surface area (Å²) in [6.07, 6.45) is 1.49. The zero-order valence-corrected chi connectivity index (χ0v) is 11.7. The Labute approximate surface area is 109 Å². The Balaban J connectivity index is 2.97. The predicted molar refractivity (Wildman–Crippen MR) is 71.8 cm³/mol. The van der Waals surface area contributed by atoms with Gasteiger partial charge in [0, 0.05) is 11.4 Å². The Morgan fingerprint density at radius 3 is 2.65 bits per heavy atom. The molecule has 17 heavy (non-hydrogen) atoms. The Morgan fingerprint density at radius 1 is 1.47 bits per heavy atom. The van der Waals surface area contributed by atoms with Crippen molar-refractivity contribution < 1.29 is 9.84 Å². The zero-order valence-electron chi connectivity index (χ0n) is 11.0. The van der Waals surface area contributed by atoms with Crippen molar-refractivity contribution in [2.45, 2.75) is 39.2 Å². The molecule has 2 nitrogen and oxygen atoms in total. The molecule has 2 unspecified atom stereocenters. The normalized spacial score (nSPS) is 16.4. The van der Waals surface area contributed by atoms with Gasteiger partial charge in [-0.2, -0.15) is 0 Å². The number of aliphatic hydroxyl groups is 1. The van der Waals surface area contributed by atoms with Crippen LogP contribution in [0.1, 0.15) is 32.8 Å². The molecule has 3 heteroatoms. The number of methoxy groups -OCH3 is 1. The molecule has 0 aromatic heterocycles. The van der Waals surface area contributed by atoms with Crippen LogP contribution in [0.5, 0.6) is 5.75 Å². The van der Waals surface area contributed by atoms with Crippen molar-refractivity contribution >= 4 is 11.6 Å². The average Bonchev–Trinajstić information content (AvgIpc) is 2.27. The van der Waals surface area contributed by atoms with E-state index >= 15 is 0 Å². The van der Waals surface area contributed by atoms with Crippen LogP contribution in [0.2, 0.25) is 5.02 Å². The van der Waals surface area contributed by atoms with Gasteiger partial charge < -0.3 is 9.84 Å². The summed E-state index contributed by atoms with van der Waals surface area (Å²) in [7, 11) is 1.63. The lowest BCUT2D eigenvalue weighted by Crippen LogP contribution is -2.35. The van der Waals surface area contributed by atoms with Crippen LogP contribution in [0, 0.1) is 5.92 Å². The third-order valence-electron chi connectivity index (χ3n) is 3.46. The molecule has 0 aliphatic heterocycles. The first-order valence-corrected chi connectivity index (χ1v) is 6.33. The highest BCUT2D eigenvalue weighted by Gasteiger charge is 2.28. The molecule has 1 N–H and O–H groups in total. The van der Waals surface area contributed by atoms with E-state index in [-0.39, 0.29) is 5.92 Å². The SMILES string of the molecule is CCC(C)C(C)(O)Cc1cc(Cl)ccc1OC. The molecule has 1 rings (SSSR count). The van der Waals surface area contributed by atoms with Crippen molar-refractivity contribution in [1.82, 2.24) is 0 Å². The molecule has 0 aliphatic rings. The molecule has 2 atom stereocenters. The monoisotopic (exact) mass is 256 g/mol. The Kier molecular flexibility index (Phi) is 4.84. The third kappa shape index (κ3) is 3.62. The van der Waals surface area contributed by atoms with Gasteiger partial charge in [0.25, 0.3) is 0 Å². The van der Waals surface area contributed by atoms with Crippen LogP contribution < -0.4 is 4.74 Å². The van der Waals surface area contributed by atoms with Crippen LogP contribution in [0.3, 0.4) is 0 Å². The van der Waals surface area contributed by atoms with Gasteiger partial charge >= 0.3 is 0 Å². The van der Waals surface area contributed by atoms with E-state index in [1.807, 2.05) is 19.1 Å². The maximum Gasteiger partial charge on any atom is 0.122 e. The molecule has 0 heterocycles. The minimum Gasteiger partial charge on any atom is -0.496 e. The van der Waals surface area contributed by atoms with Gasteiger partial charge in [0.2, 0.25) is 0 Å². The average molecular weight is 257 g/mol. The summed E-state index contributed by atoms with van der Waals surface area (Å²) in [5.41, 5.74) is 0.206. The number of rotatable bonds is 5. The van der Waals surface area contributed by atoms with E-state index in [1.165, 1.54) is 0 Å². The van der Waals surface area contributed by atoms with Crippen molar-refractivity contribution in [1.29, 1.82) is 0 Å². The summed E-state index contributed by atoms with van der Waals surface area (Å²) in [6, 6.07) is 5.49. The molecule has 0 spiro atoms. The van der Waals surface area contributed by atoms with Crippen molar-refractivity contribution in [2.24, 2.45) is 5.92 Å². The molecule has 0 fully saturated rings. The first-order chi connectivity index (χ1) is 7.90. The molecule has 0 saturated carbocycles.